The summed E-state index contributed by atoms with van der Waals surface area (Å²) in [5.74, 6) is 1.05. The molecule has 27 heavy (non-hydrogen) atoms. The molecule has 0 N–H and O–H groups in total. The van der Waals surface area contributed by atoms with Crippen LogP contribution in [0.2, 0.25) is 0 Å². The van der Waals surface area contributed by atoms with Crippen LogP contribution < -0.4 is 9.47 Å². The van der Waals surface area contributed by atoms with Crippen LogP contribution in [0.5, 0.6) is 11.5 Å². The van der Waals surface area contributed by atoms with Crippen molar-refractivity contribution in [2.45, 2.75) is 39.7 Å². The fourth-order valence-electron chi connectivity index (χ4n) is 2.99. The van der Waals surface area contributed by atoms with Gasteiger partial charge in [-0.3, -0.25) is 4.79 Å². The zero-order valence-electron chi connectivity index (χ0n) is 16.6. The van der Waals surface area contributed by atoms with Gasteiger partial charge in [-0.1, -0.05) is 13.0 Å². The molecule has 1 fully saturated rings. The number of methoxy groups -OCH3 is 1. The second-order valence-corrected chi connectivity index (χ2v) is 7.11. The van der Waals surface area contributed by atoms with Crippen LogP contribution in [-0.4, -0.2) is 49.7 Å². The number of benzene rings is 1. The summed E-state index contributed by atoms with van der Waals surface area (Å²) in [6.45, 7) is 7.25. The molecule has 1 aromatic carbocycles. The summed E-state index contributed by atoms with van der Waals surface area (Å²) in [5.41, 5.74) is 0.774. The van der Waals surface area contributed by atoms with Gasteiger partial charge in [-0.25, -0.2) is 4.79 Å². The molecule has 0 radical (unpaired) electrons. The highest BCUT2D eigenvalue weighted by Gasteiger charge is 2.21. The van der Waals surface area contributed by atoms with Gasteiger partial charge in [0.15, 0.2) is 18.1 Å². The highest BCUT2D eigenvalue weighted by Crippen LogP contribution is 2.29. The average molecular weight is 375 g/mol. The number of amides is 1. The summed E-state index contributed by atoms with van der Waals surface area (Å²) in [6, 6.07) is 5.40. The van der Waals surface area contributed by atoms with Crippen LogP contribution in [0, 0.1) is 5.92 Å². The van der Waals surface area contributed by atoms with Gasteiger partial charge in [0.05, 0.1) is 13.2 Å². The van der Waals surface area contributed by atoms with E-state index in [1.165, 1.54) is 6.08 Å². The maximum atomic E-state index is 12.1. The summed E-state index contributed by atoms with van der Waals surface area (Å²) < 4.78 is 16.1. The van der Waals surface area contributed by atoms with Gasteiger partial charge in [0.25, 0.3) is 5.91 Å². The number of rotatable bonds is 7. The molecule has 1 aromatic rings. The van der Waals surface area contributed by atoms with Crippen LogP contribution in [0.1, 0.15) is 39.2 Å². The first kappa shape index (κ1) is 20.8. The summed E-state index contributed by atoms with van der Waals surface area (Å²) in [7, 11) is 1.57. The molecule has 1 saturated heterocycles. The quantitative estimate of drug-likeness (QED) is 0.540. The van der Waals surface area contributed by atoms with Crippen molar-refractivity contribution < 1.29 is 23.8 Å². The SMILES string of the molecule is COc1cc(/C=C/C(=O)OCC(=O)N2CCC[C@H](C)C2)ccc1OC(C)C. The van der Waals surface area contributed by atoms with Crippen molar-refractivity contribution in [3.8, 4) is 11.5 Å². The van der Waals surface area contributed by atoms with E-state index in [1.54, 1.807) is 30.2 Å². The lowest BCUT2D eigenvalue weighted by Crippen LogP contribution is -2.41. The van der Waals surface area contributed by atoms with Gasteiger partial charge in [-0.15, -0.1) is 0 Å². The van der Waals surface area contributed by atoms with Crippen molar-refractivity contribution in [3.63, 3.8) is 0 Å². The predicted molar refractivity (Wildman–Crippen MR) is 104 cm³/mol. The molecule has 1 amide bonds. The van der Waals surface area contributed by atoms with E-state index >= 15 is 0 Å². The van der Waals surface area contributed by atoms with Gasteiger partial charge in [0.1, 0.15) is 0 Å². The lowest BCUT2D eigenvalue weighted by Gasteiger charge is -2.30. The van der Waals surface area contributed by atoms with Crippen molar-refractivity contribution in [1.82, 2.24) is 4.90 Å². The molecule has 0 bridgehead atoms. The Morgan fingerprint density at radius 1 is 1.30 bits per heavy atom. The number of nitrogens with zero attached hydrogens (tertiary/aromatic N) is 1. The molecule has 148 valence electrons. The number of hydrogen-bond acceptors (Lipinski definition) is 5. The lowest BCUT2D eigenvalue weighted by molar-refractivity contribution is -0.149. The van der Waals surface area contributed by atoms with Gasteiger partial charge in [-0.2, -0.15) is 0 Å². The van der Waals surface area contributed by atoms with Gasteiger partial charge in [0, 0.05) is 19.2 Å². The third kappa shape index (κ3) is 6.62. The predicted octanol–water partition coefficient (Wildman–Crippen LogP) is 3.30. The van der Waals surface area contributed by atoms with Gasteiger partial charge in [0.2, 0.25) is 0 Å². The number of likely N-dealkylation sites (tertiary alicyclic amines) is 1. The smallest absolute Gasteiger partial charge is 0.331 e. The third-order valence-corrected chi connectivity index (χ3v) is 4.31. The monoisotopic (exact) mass is 375 g/mol. The van der Waals surface area contributed by atoms with Crippen LogP contribution in [0.15, 0.2) is 24.3 Å². The van der Waals surface area contributed by atoms with Crippen LogP contribution in [-0.2, 0) is 14.3 Å². The van der Waals surface area contributed by atoms with Crippen LogP contribution in [0.4, 0.5) is 0 Å². The molecule has 6 heteroatoms. The van der Waals surface area contributed by atoms with E-state index in [2.05, 4.69) is 6.92 Å². The molecule has 0 unspecified atom stereocenters. The first-order valence-electron chi connectivity index (χ1n) is 9.36. The Labute approximate surface area is 161 Å². The number of piperidine rings is 1. The Balaban J connectivity index is 1.87. The average Bonchev–Trinajstić information content (AvgIpc) is 2.64. The molecular weight excluding hydrogens is 346 g/mol. The van der Waals surface area contributed by atoms with Crippen LogP contribution >= 0.6 is 0 Å². The largest absolute Gasteiger partial charge is 0.493 e. The molecule has 2 rings (SSSR count). The number of carbonyl (C=O) groups is 2. The second-order valence-electron chi connectivity index (χ2n) is 7.11. The van der Waals surface area contributed by atoms with E-state index in [1.807, 2.05) is 19.9 Å². The van der Waals surface area contributed by atoms with Crippen molar-refractivity contribution in [1.29, 1.82) is 0 Å². The number of ether oxygens (including phenoxy) is 3. The standard InChI is InChI=1S/C21H29NO5/c1-15(2)27-18-9-7-17(12-19(18)25-4)8-10-21(24)26-14-20(23)22-11-5-6-16(3)13-22/h7-10,12,15-16H,5-6,11,13-14H2,1-4H3/b10-8+/t16-/m0/s1. The third-order valence-electron chi connectivity index (χ3n) is 4.31. The minimum absolute atomic E-state index is 0.0377. The minimum atomic E-state index is -0.546. The maximum absolute atomic E-state index is 12.1. The Hall–Kier alpha value is -2.50. The van der Waals surface area contributed by atoms with E-state index in [9.17, 15) is 9.59 Å². The molecule has 6 nitrogen and oxygen atoms in total. The van der Waals surface area contributed by atoms with Crippen LogP contribution in [0.25, 0.3) is 6.08 Å². The number of carbonyl (C=O) groups excluding carboxylic acids is 2. The molecule has 0 aliphatic carbocycles. The van der Waals surface area contributed by atoms with E-state index in [4.69, 9.17) is 14.2 Å². The molecule has 1 heterocycles. The number of esters is 1. The zero-order valence-corrected chi connectivity index (χ0v) is 16.6. The Morgan fingerprint density at radius 2 is 2.07 bits per heavy atom. The lowest BCUT2D eigenvalue weighted by atomic mass is 10.0. The van der Waals surface area contributed by atoms with Gasteiger partial charge in [-0.05, 0) is 56.4 Å². The summed E-state index contributed by atoms with van der Waals surface area (Å²) >= 11 is 0. The molecule has 0 saturated carbocycles. The van der Waals surface area contributed by atoms with Gasteiger partial charge >= 0.3 is 5.97 Å². The molecule has 1 aliphatic rings. The minimum Gasteiger partial charge on any atom is -0.493 e. The zero-order chi connectivity index (χ0) is 19.8. The fraction of sp³-hybridized carbons (Fsp3) is 0.524. The first-order chi connectivity index (χ1) is 12.9. The highest BCUT2D eigenvalue weighted by molar-refractivity contribution is 5.89. The summed E-state index contributed by atoms with van der Waals surface area (Å²) in [4.78, 5) is 25.8. The van der Waals surface area contributed by atoms with Crippen molar-refractivity contribution in [3.05, 3.63) is 29.8 Å². The first-order valence-corrected chi connectivity index (χ1v) is 9.36. The molecule has 1 aliphatic heterocycles. The number of hydrogen-bond donors (Lipinski definition) is 0. The van der Waals surface area contributed by atoms with E-state index in [-0.39, 0.29) is 18.6 Å². The molecule has 0 aromatic heterocycles. The molecule has 0 spiro atoms. The Kier molecular flexibility index (Phi) is 7.70. The van der Waals surface area contributed by atoms with Crippen LogP contribution in [0.3, 0.4) is 0 Å². The Morgan fingerprint density at radius 3 is 2.74 bits per heavy atom. The summed E-state index contributed by atoms with van der Waals surface area (Å²) in [6.07, 6.45) is 5.10. The van der Waals surface area contributed by atoms with Crippen molar-refractivity contribution >= 4 is 18.0 Å². The van der Waals surface area contributed by atoms with Crippen molar-refractivity contribution in [2.75, 3.05) is 26.8 Å². The van der Waals surface area contributed by atoms with E-state index in [0.29, 0.717) is 17.4 Å². The maximum Gasteiger partial charge on any atom is 0.331 e. The topological polar surface area (TPSA) is 65.1 Å². The second kappa shape index (κ2) is 10.00. The molecular formula is C21H29NO5. The summed E-state index contributed by atoms with van der Waals surface area (Å²) in [5, 5.41) is 0. The van der Waals surface area contributed by atoms with Gasteiger partial charge < -0.3 is 19.1 Å². The van der Waals surface area contributed by atoms with E-state index < -0.39 is 5.97 Å². The molecule has 1 atom stereocenters. The fourth-order valence-corrected chi connectivity index (χ4v) is 2.99. The highest BCUT2D eigenvalue weighted by atomic mass is 16.5. The normalized spacial score (nSPS) is 17.2. The Bertz CT molecular complexity index is 683. The van der Waals surface area contributed by atoms with Crippen molar-refractivity contribution in [2.24, 2.45) is 5.92 Å². The van der Waals surface area contributed by atoms with E-state index in [0.717, 1.165) is 31.5 Å².